The highest BCUT2D eigenvalue weighted by Crippen LogP contribution is 2.40. The van der Waals surface area contributed by atoms with Gasteiger partial charge in [0.2, 0.25) is 7.59 Å². The highest BCUT2D eigenvalue weighted by molar-refractivity contribution is 6.79. The molecule has 1 atom stereocenters. The summed E-state index contributed by atoms with van der Waals surface area (Å²) in [6.07, 6.45) is 2.77. The fraction of sp³-hybridized carbons (Fsp3) is 0.158. The second-order valence-electron chi connectivity index (χ2n) is 5.91. The third kappa shape index (κ3) is 5.74. The molecule has 1 heterocycles. The minimum atomic E-state index is -1.91. The topological polar surface area (TPSA) is 28.0 Å². The van der Waals surface area contributed by atoms with Gasteiger partial charge in [-0.2, -0.15) is 0 Å². The zero-order valence-corrected chi connectivity index (χ0v) is 19.7. The summed E-state index contributed by atoms with van der Waals surface area (Å²) in [5.74, 6) is -0.0453. The van der Waals surface area contributed by atoms with Gasteiger partial charge in [-0.25, -0.2) is 9.98 Å². The molecular formula is C19H12Cl7N3. The molecule has 2 aromatic rings. The van der Waals surface area contributed by atoms with Gasteiger partial charge in [0.05, 0.1) is 0 Å². The summed E-state index contributed by atoms with van der Waals surface area (Å²) in [5, 5.41) is 0.565. The molecule has 3 rings (SSSR count). The van der Waals surface area contributed by atoms with Crippen molar-refractivity contribution in [3.05, 3.63) is 76.9 Å². The number of halogens is 7. The Morgan fingerprint density at radius 3 is 2.03 bits per heavy atom. The largest absolute Gasteiger partial charge is 0.306 e. The molecule has 0 radical (unpaired) electrons. The molecule has 0 bridgehead atoms. The third-order valence-electron chi connectivity index (χ3n) is 3.89. The number of benzene rings is 2. The van der Waals surface area contributed by atoms with E-state index in [4.69, 9.17) is 81.2 Å². The lowest BCUT2D eigenvalue weighted by Gasteiger charge is -2.36. The summed E-state index contributed by atoms with van der Waals surface area (Å²) in [6.45, 7) is 0. The normalized spacial score (nSPS) is 18.0. The first-order valence-corrected chi connectivity index (χ1v) is 10.8. The minimum absolute atomic E-state index is 0.0379. The van der Waals surface area contributed by atoms with Crippen LogP contribution >= 0.6 is 81.2 Å². The summed E-state index contributed by atoms with van der Waals surface area (Å²) >= 11 is 42.9. The molecule has 0 fully saturated rings. The Morgan fingerprint density at radius 1 is 0.828 bits per heavy atom. The van der Waals surface area contributed by atoms with Gasteiger partial charge in [0, 0.05) is 11.2 Å². The number of hydrogen-bond donors (Lipinski definition) is 0. The van der Waals surface area contributed by atoms with Crippen LogP contribution in [0.3, 0.4) is 0 Å². The molecule has 0 amide bonds. The molecule has 0 aliphatic carbocycles. The zero-order valence-electron chi connectivity index (χ0n) is 14.4. The van der Waals surface area contributed by atoms with E-state index in [1.807, 2.05) is 48.5 Å². The molecule has 29 heavy (non-hydrogen) atoms. The van der Waals surface area contributed by atoms with Crippen LogP contribution in [0.15, 0.2) is 70.8 Å². The number of aliphatic imine (C=N–C) groups is 2. The van der Waals surface area contributed by atoms with Crippen LogP contribution in [-0.2, 0) is 0 Å². The molecule has 0 spiro atoms. The van der Waals surface area contributed by atoms with Crippen molar-refractivity contribution in [2.75, 3.05) is 0 Å². The van der Waals surface area contributed by atoms with E-state index in [9.17, 15) is 0 Å². The number of hydrogen-bond acceptors (Lipinski definition) is 3. The molecule has 0 aromatic heterocycles. The summed E-state index contributed by atoms with van der Waals surface area (Å²) in [6, 6.07) is 16.6. The molecule has 1 unspecified atom stereocenters. The summed E-state index contributed by atoms with van der Waals surface area (Å²) in [4.78, 5) is 10.3. The van der Waals surface area contributed by atoms with Gasteiger partial charge in [0.15, 0.2) is 17.8 Å². The maximum absolute atomic E-state index is 6.25. The van der Waals surface area contributed by atoms with Gasteiger partial charge in [-0.05, 0) is 23.3 Å². The van der Waals surface area contributed by atoms with E-state index in [0.29, 0.717) is 5.02 Å². The molecule has 0 saturated heterocycles. The molecule has 10 heteroatoms. The van der Waals surface area contributed by atoms with Crippen LogP contribution < -0.4 is 0 Å². The quantitative estimate of drug-likeness (QED) is 0.371. The number of amidine groups is 2. The van der Waals surface area contributed by atoms with E-state index < -0.39 is 13.8 Å². The highest BCUT2D eigenvalue weighted by Gasteiger charge is 2.42. The third-order valence-corrected chi connectivity index (χ3v) is 5.25. The highest BCUT2D eigenvalue weighted by atomic mass is 35.6. The van der Waals surface area contributed by atoms with Crippen LogP contribution in [0.1, 0.15) is 17.3 Å². The van der Waals surface area contributed by atoms with E-state index in [-0.39, 0.29) is 11.7 Å². The van der Waals surface area contributed by atoms with E-state index in [1.165, 1.54) is 0 Å². The van der Waals surface area contributed by atoms with Crippen molar-refractivity contribution in [3.63, 3.8) is 0 Å². The second kappa shape index (κ2) is 9.23. The van der Waals surface area contributed by atoms with Gasteiger partial charge in [-0.15, -0.1) is 0 Å². The monoisotopic (exact) mass is 527 g/mol. The Hall–Kier alpha value is -0.650. The Kier molecular flexibility index (Phi) is 7.33. The van der Waals surface area contributed by atoms with Crippen LogP contribution in [-0.4, -0.2) is 24.2 Å². The lowest BCUT2D eigenvalue weighted by molar-refractivity contribution is 0.416. The van der Waals surface area contributed by atoms with E-state index in [0.717, 1.165) is 11.1 Å². The Balaban J connectivity index is 2.14. The summed E-state index contributed by atoms with van der Waals surface area (Å²) < 4.78 is -3.80. The lowest BCUT2D eigenvalue weighted by Crippen LogP contribution is -2.43. The fourth-order valence-electron chi connectivity index (χ4n) is 2.61. The van der Waals surface area contributed by atoms with Crippen molar-refractivity contribution in [2.24, 2.45) is 9.98 Å². The second-order valence-corrected chi connectivity index (χ2v) is 10.9. The Labute approximate surface area is 203 Å². The van der Waals surface area contributed by atoms with Crippen molar-refractivity contribution >= 4 is 99.0 Å². The van der Waals surface area contributed by atoms with Crippen molar-refractivity contribution in [2.45, 2.75) is 13.8 Å². The summed E-state index contributed by atoms with van der Waals surface area (Å²) in [5.41, 5.74) is 1.55. The van der Waals surface area contributed by atoms with Gasteiger partial charge in [0.25, 0.3) is 0 Å². The van der Waals surface area contributed by atoms with E-state index in [2.05, 4.69) is 9.98 Å². The summed E-state index contributed by atoms with van der Waals surface area (Å²) in [7, 11) is 0. The molecule has 152 valence electrons. The van der Waals surface area contributed by atoms with Crippen molar-refractivity contribution < 1.29 is 0 Å². The molecule has 0 saturated carbocycles. The minimum Gasteiger partial charge on any atom is -0.306 e. The van der Waals surface area contributed by atoms with Gasteiger partial charge in [-0.3, -0.25) is 0 Å². The maximum Gasteiger partial charge on any atom is 0.249 e. The fourth-order valence-corrected chi connectivity index (χ4v) is 3.50. The van der Waals surface area contributed by atoms with Gasteiger partial charge < -0.3 is 4.90 Å². The molecular weight excluding hydrogens is 518 g/mol. The Morgan fingerprint density at radius 2 is 1.45 bits per heavy atom. The van der Waals surface area contributed by atoms with E-state index in [1.54, 1.807) is 23.2 Å². The number of nitrogens with zero attached hydrogens (tertiary/aromatic N) is 3. The van der Waals surface area contributed by atoms with Crippen molar-refractivity contribution in [3.8, 4) is 0 Å². The first kappa shape index (κ1) is 23.0. The zero-order chi connectivity index (χ0) is 21.2. The average molecular weight is 530 g/mol. The average Bonchev–Trinajstić information content (AvgIpc) is 2.66. The number of alkyl halides is 6. The van der Waals surface area contributed by atoms with Gasteiger partial charge in [-0.1, -0.05) is 130 Å². The molecule has 1 aliphatic heterocycles. The van der Waals surface area contributed by atoms with Crippen molar-refractivity contribution in [1.82, 2.24) is 4.90 Å². The molecule has 0 N–H and O–H groups in total. The van der Waals surface area contributed by atoms with Crippen LogP contribution in [0.25, 0.3) is 6.08 Å². The van der Waals surface area contributed by atoms with Crippen molar-refractivity contribution in [1.29, 1.82) is 0 Å². The first-order valence-electron chi connectivity index (χ1n) is 8.14. The molecule has 1 aliphatic rings. The predicted molar refractivity (Wildman–Crippen MR) is 127 cm³/mol. The maximum atomic E-state index is 6.25. The molecule has 3 nitrogen and oxygen atoms in total. The van der Waals surface area contributed by atoms with Crippen LogP contribution in [0.4, 0.5) is 0 Å². The van der Waals surface area contributed by atoms with Crippen LogP contribution in [0, 0.1) is 0 Å². The lowest BCUT2D eigenvalue weighted by atomic mass is 10.1. The van der Waals surface area contributed by atoms with Gasteiger partial charge in [0.1, 0.15) is 0 Å². The standard InChI is InChI=1S/C19H12Cl7N3/c20-14-9-5-4-6-12(14)10-11-29-15(13-7-2-1-3-8-13)27-16(18(21,22)23)28-17(29)19(24,25)26/h1-11,15H. The molecule has 2 aromatic carbocycles. The van der Waals surface area contributed by atoms with Crippen LogP contribution in [0.5, 0.6) is 0 Å². The number of rotatable bonds is 3. The Bertz CT molecular complexity index is 960. The predicted octanol–water partition coefficient (Wildman–Crippen LogP) is 7.86. The SMILES string of the molecule is Clc1ccccc1C=CN1C(C(Cl)(Cl)Cl)=NC(C(Cl)(Cl)Cl)=NC1c1ccccc1. The van der Waals surface area contributed by atoms with Gasteiger partial charge >= 0.3 is 0 Å². The smallest absolute Gasteiger partial charge is 0.249 e. The van der Waals surface area contributed by atoms with E-state index >= 15 is 0 Å². The first-order chi connectivity index (χ1) is 13.6. The van der Waals surface area contributed by atoms with Crippen LogP contribution in [0.2, 0.25) is 5.02 Å².